The lowest BCUT2D eigenvalue weighted by molar-refractivity contribution is -0.118. The van der Waals surface area contributed by atoms with Gasteiger partial charge in [-0.05, 0) is 55.3 Å². The van der Waals surface area contributed by atoms with Crippen molar-refractivity contribution >= 4 is 34.8 Å². The number of amides is 2. The zero-order chi connectivity index (χ0) is 17.8. The molecular formula is C18H16ClFN2O3. The maximum absolute atomic E-state index is 13.1. The van der Waals surface area contributed by atoms with E-state index in [2.05, 4.69) is 10.6 Å². The van der Waals surface area contributed by atoms with Gasteiger partial charge in [0.1, 0.15) is 11.6 Å². The van der Waals surface area contributed by atoms with Crippen molar-refractivity contribution in [3.63, 3.8) is 0 Å². The van der Waals surface area contributed by atoms with Gasteiger partial charge in [-0.3, -0.25) is 9.59 Å². The summed E-state index contributed by atoms with van der Waals surface area (Å²) in [6, 6.07) is 10.7. The number of carbonyl (C=O) groups is 2. The van der Waals surface area contributed by atoms with Gasteiger partial charge in [0.25, 0.3) is 5.91 Å². The number of hydrogen-bond acceptors (Lipinski definition) is 3. The Morgan fingerprint density at radius 3 is 2.40 bits per heavy atom. The van der Waals surface area contributed by atoms with Crippen LogP contribution in [0.5, 0.6) is 5.75 Å². The second kappa shape index (κ2) is 7.53. The van der Waals surface area contributed by atoms with Crippen molar-refractivity contribution < 1.29 is 18.7 Å². The van der Waals surface area contributed by atoms with Crippen LogP contribution in [0.2, 0.25) is 5.02 Å². The van der Waals surface area contributed by atoms with Crippen LogP contribution in [-0.4, -0.2) is 18.4 Å². The lowest BCUT2D eigenvalue weighted by Gasteiger charge is -2.09. The maximum Gasteiger partial charge on any atom is 0.262 e. The number of anilines is 2. The van der Waals surface area contributed by atoms with Crippen molar-refractivity contribution in [1.29, 1.82) is 0 Å². The normalized spacial score (nSPS) is 13.2. The number of hydrogen-bond donors (Lipinski definition) is 2. The smallest absolute Gasteiger partial charge is 0.262 e. The first-order chi connectivity index (χ1) is 12.0. The predicted octanol–water partition coefficient (Wildman–Crippen LogP) is 3.85. The summed E-state index contributed by atoms with van der Waals surface area (Å²) in [6.07, 6.45) is 1.89. The first kappa shape index (κ1) is 17.2. The largest absolute Gasteiger partial charge is 0.484 e. The second-order valence-electron chi connectivity index (χ2n) is 5.75. The molecule has 2 aromatic rings. The van der Waals surface area contributed by atoms with Crippen molar-refractivity contribution in [2.24, 2.45) is 5.92 Å². The number of rotatable bonds is 6. The van der Waals surface area contributed by atoms with E-state index in [1.54, 1.807) is 24.3 Å². The summed E-state index contributed by atoms with van der Waals surface area (Å²) in [7, 11) is 0. The van der Waals surface area contributed by atoms with Crippen molar-refractivity contribution in [2.75, 3.05) is 17.2 Å². The molecule has 5 nitrogen and oxygen atoms in total. The van der Waals surface area contributed by atoms with Gasteiger partial charge < -0.3 is 15.4 Å². The van der Waals surface area contributed by atoms with Crippen molar-refractivity contribution in [2.45, 2.75) is 12.8 Å². The Morgan fingerprint density at radius 2 is 1.76 bits per heavy atom. The predicted molar refractivity (Wildman–Crippen MR) is 93.3 cm³/mol. The highest BCUT2D eigenvalue weighted by atomic mass is 35.5. The van der Waals surface area contributed by atoms with E-state index in [1.807, 2.05) is 0 Å². The average Bonchev–Trinajstić information content (AvgIpc) is 3.43. The van der Waals surface area contributed by atoms with E-state index >= 15 is 0 Å². The fourth-order valence-corrected chi connectivity index (χ4v) is 2.32. The maximum atomic E-state index is 13.1. The van der Waals surface area contributed by atoms with E-state index in [4.69, 9.17) is 16.3 Å². The summed E-state index contributed by atoms with van der Waals surface area (Å²) in [5.74, 6) is -0.277. The minimum atomic E-state index is -0.551. The fourth-order valence-electron chi connectivity index (χ4n) is 2.14. The van der Waals surface area contributed by atoms with Crippen LogP contribution in [0.15, 0.2) is 42.5 Å². The lowest BCUT2D eigenvalue weighted by Crippen LogP contribution is -2.20. The van der Waals surface area contributed by atoms with Crippen molar-refractivity contribution in [1.82, 2.24) is 0 Å². The minimum absolute atomic E-state index is 0.0333. The Labute approximate surface area is 149 Å². The summed E-state index contributed by atoms with van der Waals surface area (Å²) < 4.78 is 18.5. The van der Waals surface area contributed by atoms with Gasteiger partial charge in [-0.1, -0.05) is 11.6 Å². The molecule has 0 atom stereocenters. The average molecular weight is 363 g/mol. The molecule has 2 N–H and O–H groups in total. The molecule has 130 valence electrons. The van der Waals surface area contributed by atoms with E-state index in [1.165, 1.54) is 18.2 Å². The van der Waals surface area contributed by atoms with Crippen LogP contribution in [0.25, 0.3) is 0 Å². The molecule has 0 bridgehead atoms. The van der Waals surface area contributed by atoms with Crippen LogP contribution in [0.1, 0.15) is 12.8 Å². The van der Waals surface area contributed by atoms with Gasteiger partial charge in [0, 0.05) is 17.3 Å². The van der Waals surface area contributed by atoms with Gasteiger partial charge in [0.05, 0.1) is 5.02 Å². The Hall–Kier alpha value is -2.60. The second-order valence-corrected chi connectivity index (χ2v) is 6.16. The van der Waals surface area contributed by atoms with Gasteiger partial charge in [-0.15, -0.1) is 0 Å². The van der Waals surface area contributed by atoms with Crippen LogP contribution in [0.3, 0.4) is 0 Å². The minimum Gasteiger partial charge on any atom is -0.484 e. The van der Waals surface area contributed by atoms with Gasteiger partial charge >= 0.3 is 0 Å². The van der Waals surface area contributed by atoms with Gasteiger partial charge in [0.15, 0.2) is 6.61 Å². The standard InChI is InChI=1S/C18H16ClFN2O3/c19-15-9-13(5-8-16(15)20)21-17(23)10-25-14-6-3-12(4-7-14)22-18(24)11-1-2-11/h3-9,11H,1-2,10H2,(H,21,23)(H,22,24). The molecular weight excluding hydrogens is 347 g/mol. The molecule has 0 unspecified atom stereocenters. The summed E-state index contributed by atoms with van der Waals surface area (Å²) in [5.41, 5.74) is 1.08. The highest BCUT2D eigenvalue weighted by Gasteiger charge is 2.29. The number of nitrogens with one attached hydrogen (secondary N) is 2. The molecule has 0 spiro atoms. The molecule has 1 aliphatic rings. The molecule has 1 saturated carbocycles. The number of halogens is 2. The summed E-state index contributed by atoms with van der Waals surface area (Å²) in [5, 5.41) is 5.32. The molecule has 25 heavy (non-hydrogen) atoms. The van der Waals surface area contributed by atoms with Gasteiger partial charge in [0.2, 0.25) is 5.91 Å². The fraction of sp³-hybridized carbons (Fsp3) is 0.222. The molecule has 3 rings (SSSR count). The Kier molecular flexibility index (Phi) is 5.19. The van der Waals surface area contributed by atoms with E-state index < -0.39 is 11.7 Å². The molecule has 2 aromatic carbocycles. The lowest BCUT2D eigenvalue weighted by atomic mass is 10.3. The molecule has 1 aliphatic carbocycles. The van der Waals surface area contributed by atoms with Gasteiger partial charge in [-0.2, -0.15) is 0 Å². The Bertz CT molecular complexity index is 791. The third-order valence-electron chi connectivity index (χ3n) is 3.64. The molecule has 2 amide bonds. The quantitative estimate of drug-likeness (QED) is 0.820. The number of carbonyl (C=O) groups excluding carboxylic acids is 2. The Morgan fingerprint density at radius 1 is 1.08 bits per heavy atom. The monoisotopic (exact) mass is 362 g/mol. The van der Waals surface area contributed by atoms with Crippen LogP contribution in [0.4, 0.5) is 15.8 Å². The molecule has 0 aliphatic heterocycles. The van der Waals surface area contributed by atoms with Crippen LogP contribution in [-0.2, 0) is 9.59 Å². The summed E-state index contributed by atoms with van der Waals surface area (Å²) in [6.45, 7) is -0.206. The van der Waals surface area contributed by atoms with Crippen molar-refractivity contribution in [3.8, 4) is 5.75 Å². The number of ether oxygens (including phenoxy) is 1. The van der Waals surface area contributed by atoms with Crippen LogP contribution in [0, 0.1) is 11.7 Å². The first-order valence-corrected chi connectivity index (χ1v) is 8.18. The highest BCUT2D eigenvalue weighted by Crippen LogP contribution is 2.30. The number of benzene rings is 2. The summed E-state index contributed by atoms with van der Waals surface area (Å²) in [4.78, 5) is 23.5. The van der Waals surface area contributed by atoms with E-state index in [0.717, 1.165) is 12.8 Å². The van der Waals surface area contributed by atoms with Crippen LogP contribution < -0.4 is 15.4 Å². The van der Waals surface area contributed by atoms with Gasteiger partial charge in [-0.25, -0.2) is 4.39 Å². The summed E-state index contributed by atoms with van der Waals surface area (Å²) >= 11 is 5.66. The third kappa shape index (κ3) is 4.93. The molecule has 7 heteroatoms. The zero-order valence-corrected chi connectivity index (χ0v) is 14.0. The molecule has 0 aromatic heterocycles. The molecule has 0 saturated heterocycles. The van der Waals surface area contributed by atoms with E-state index in [0.29, 0.717) is 17.1 Å². The first-order valence-electron chi connectivity index (χ1n) is 7.80. The van der Waals surface area contributed by atoms with E-state index in [-0.39, 0.29) is 23.5 Å². The highest BCUT2D eigenvalue weighted by molar-refractivity contribution is 6.31. The molecule has 0 heterocycles. The zero-order valence-electron chi connectivity index (χ0n) is 13.2. The molecule has 0 radical (unpaired) electrons. The van der Waals surface area contributed by atoms with Crippen molar-refractivity contribution in [3.05, 3.63) is 53.3 Å². The Balaban J connectivity index is 1.48. The SMILES string of the molecule is O=C(COc1ccc(NC(=O)C2CC2)cc1)Nc1ccc(F)c(Cl)c1. The molecule has 1 fully saturated rings. The van der Waals surface area contributed by atoms with E-state index in [9.17, 15) is 14.0 Å². The topological polar surface area (TPSA) is 67.4 Å². The third-order valence-corrected chi connectivity index (χ3v) is 3.93. The van der Waals surface area contributed by atoms with Crippen LogP contribution >= 0.6 is 11.6 Å².